The molecule has 3 N–H and O–H groups in total. The van der Waals surface area contributed by atoms with Crippen LogP contribution in [0.15, 0.2) is 54.7 Å². The van der Waals surface area contributed by atoms with E-state index in [2.05, 4.69) is 39.9 Å². The number of thiazole rings is 1. The van der Waals surface area contributed by atoms with Gasteiger partial charge in [0.05, 0.1) is 12.0 Å². The van der Waals surface area contributed by atoms with Gasteiger partial charge in [0.2, 0.25) is 5.91 Å². The quantitative estimate of drug-likeness (QED) is 0.404. The first kappa shape index (κ1) is 23.0. The van der Waals surface area contributed by atoms with Gasteiger partial charge in [-0.1, -0.05) is 48.5 Å². The van der Waals surface area contributed by atoms with Gasteiger partial charge in [-0.2, -0.15) is 0 Å². The highest BCUT2D eigenvalue weighted by molar-refractivity contribution is 7.15. The monoisotopic (exact) mass is 491 g/mol. The molecule has 2 aliphatic rings. The third-order valence-electron chi connectivity index (χ3n) is 6.45. The third kappa shape index (κ3) is 5.19. The first-order chi connectivity index (χ1) is 16.9. The predicted molar refractivity (Wildman–Crippen MR) is 131 cm³/mol. The molecule has 0 unspecified atom stereocenters. The van der Waals surface area contributed by atoms with Crippen LogP contribution in [0.2, 0.25) is 0 Å². The molecule has 1 heterocycles. The Bertz CT molecular complexity index is 1240. The van der Waals surface area contributed by atoms with Gasteiger partial charge in [-0.3, -0.25) is 14.9 Å². The van der Waals surface area contributed by atoms with E-state index in [0.29, 0.717) is 24.4 Å². The van der Waals surface area contributed by atoms with Crippen molar-refractivity contribution < 1.29 is 24.2 Å². The Morgan fingerprint density at radius 3 is 2.34 bits per heavy atom. The lowest BCUT2D eigenvalue weighted by molar-refractivity contribution is -0.138. The summed E-state index contributed by atoms with van der Waals surface area (Å²) in [5.41, 5.74) is 4.05. The summed E-state index contributed by atoms with van der Waals surface area (Å²) in [6, 6.07) is 16.3. The third-order valence-corrected chi connectivity index (χ3v) is 7.42. The van der Waals surface area contributed by atoms with E-state index in [0.717, 1.165) is 16.0 Å². The lowest BCUT2D eigenvalue weighted by atomic mass is 9.98. The van der Waals surface area contributed by atoms with E-state index in [4.69, 9.17) is 9.84 Å². The summed E-state index contributed by atoms with van der Waals surface area (Å²) < 4.78 is 5.55. The SMILES string of the molecule is O=C(O)CC1(NC(=O)CCc2cnc(NC(=O)OCC3c4ccccc4-c4ccccc43)s2)CC1. The Balaban J connectivity index is 1.11. The average molecular weight is 492 g/mol. The second-order valence-corrected chi connectivity index (χ2v) is 10.1. The molecule has 2 amide bonds. The van der Waals surface area contributed by atoms with Gasteiger partial charge in [-0.05, 0) is 41.5 Å². The van der Waals surface area contributed by atoms with Gasteiger partial charge in [-0.15, -0.1) is 11.3 Å². The highest BCUT2D eigenvalue weighted by Crippen LogP contribution is 2.44. The number of benzene rings is 2. The Labute approximate surface area is 206 Å². The van der Waals surface area contributed by atoms with Crippen LogP contribution in [-0.4, -0.2) is 40.2 Å². The molecule has 180 valence electrons. The Morgan fingerprint density at radius 1 is 1.06 bits per heavy atom. The average Bonchev–Trinajstić information content (AvgIpc) is 3.29. The summed E-state index contributed by atoms with van der Waals surface area (Å²) in [6.45, 7) is 0.219. The van der Waals surface area contributed by atoms with E-state index in [9.17, 15) is 14.4 Å². The Morgan fingerprint density at radius 2 is 1.71 bits per heavy atom. The molecule has 0 aliphatic heterocycles. The molecule has 3 aromatic rings. The summed E-state index contributed by atoms with van der Waals surface area (Å²) in [7, 11) is 0. The number of ether oxygens (including phenoxy) is 1. The topological polar surface area (TPSA) is 118 Å². The van der Waals surface area contributed by atoms with Crippen molar-refractivity contribution in [3.63, 3.8) is 0 Å². The zero-order valence-electron chi connectivity index (χ0n) is 19.0. The van der Waals surface area contributed by atoms with Gasteiger partial charge < -0.3 is 15.2 Å². The molecular weight excluding hydrogens is 466 g/mol. The molecule has 0 saturated heterocycles. The normalized spacial score (nSPS) is 15.1. The van der Waals surface area contributed by atoms with E-state index < -0.39 is 17.6 Å². The standard InChI is InChI=1S/C26H25N3O5S/c30-22(29-26(11-12-26)13-23(31)32)10-9-16-14-27-24(35-16)28-25(33)34-15-21-19-7-3-1-5-17(19)18-6-2-4-8-20(18)21/h1-8,14,21H,9-13,15H2,(H,29,30)(H,31,32)(H,27,28,33). The maximum absolute atomic E-state index is 12.4. The minimum Gasteiger partial charge on any atom is -0.481 e. The number of fused-ring (bicyclic) bond motifs is 3. The Hall–Kier alpha value is -3.72. The largest absolute Gasteiger partial charge is 0.481 e. The van der Waals surface area contributed by atoms with Crippen LogP contribution in [0.3, 0.4) is 0 Å². The van der Waals surface area contributed by atoms with Gasteiger partial charge in [-0.25, -0.2) is 9.78 Å². The molecule has 0 bridgehead atoms. The van der Waals surface area contributed by atoms with Crippen molar-refractivity contribution in [3.8, 4) is 11.1 Å². The maximum atomic E-state index is 12.4. The van der Waals surface area contributed by atoms with Gasteiger partial charge in [0, 0.05) is 23.4 Å². The number of amides is 2. The number of carbonyl (C=O) groups is 3. The number of aliphatic carboxylic acids is 1. The van der Waals surface area contributed by atoms with Gasteiger partial charge >= 0.3 is 12.1 Å². The second kappa shape index (κ2) is 9.50. The summed E-state index contributed by atoms with van der Waals surface area (Å²) in [5, 5.41) is 14.9. The number of nitrogens with zero attached hydrogens (tertiary/aromatic N) is 1. The first-order valence-corrected chi connectivity index (χ1v) is 12.3. The van der Waals surface area contributed by atoms with E-state index in [1.54, 1.807) is 6.20 Å². The molecule has 35 heavy (non-hydrogen) atoms. The van der Waals surface area contributed by atoms with Crippen molar-refractivity contribution in [1.82, 2.24) is 10.3 Å². The van der Waals surface area contributed by atoms with E-state index >= 15 is 0 Å². The van der Waals surface area contributed by atoms with Crippen LogP contribution in [-0.2, 0) is 20.7 Å². The molecule has 2 aromatic carbocycles. The molecule has 2 aliphatic carbocycles. The number of hydrogen-bond donors (Lipinski definition) is 3. The number of carbonyl (C=O) groups excluding carboxylic acids is 2. The fraction of sp³-hybridized carbons (Fsp3) is 0.308. The van der Waals surface area contributed by atoms with Crippen molar-refractivity contribution in [3.05, 3.63) is 70.7 Å². The predicted octanol–water partition coefficient (Wildman–Crippen LogP) is 4.56. The number of rotatable bonds is 9. The smallest absolute Gasteiger partial charge is 0.413 e. The van der Waals surface area contributed by atoms with Gasteiger partial charge in [0.25, 0.3) is 0 Å². The summed E-state index contributed by atoms with van der Waals surface area (Å²) in [5.74, 6) is -1.10. The van der Waals surface area contributed by atoms with Gasteiger partial charge in [0.15, 0.2) is 5.13 Å². The van der Waals surface area contributed by atoms with Crippen LogP contribution in [0.5, 0.6) is 0 Å². The van der Waals surface area contributed by atoms with Crippen LogP contribution in [0.25, 0.3) is 11.1 Å². The Kier molecular flexibility index (Phi) is 6.25. The fourth-order valence-corrected chi connectivity index (χ4v) is 5.38. The molecule has 1 saturated carbocycles. The van der Waals surface area contributed by atoms with Crippen LogP contribution < -0.4 is 10.6 Å². The summed E-state index contributed by atoms with van der Waals surface area (Å²) >= 11 is 1.29. The molecule has 8 nitrogen and oxygen atoms in total. The van der Waals surface area contributed by atoms with Crippen LogP contribution >= 0.6 is 11.3 Å². The molecular formula is C26H25N3O5S. The highest BCUT2D eigenvalue weighted by Gasteiger charge is 2.45. The van der Waals surface area contributed by atoms with E-state index in [1.807, 2.05) is 24.3 Å². The molecule has 5 rings (SSSR count). The molecule has 0 radical (unpaired) electrons. The maximum Gasteiger partial charge on any atom is 0.413 e. The number of carboxylic acid groups (broad SMARTS) is 1. The molecule has 1 fully saturated rings. The van der Waals surface area contributed by atoms with Crippen molar-refractivity contribution in [2.45, 2.75) is 43.6 Å². The molecule has 1 aromatic heterocycles. The number of carboxylic acids is 1. The number of anilines is 1. The van der Waals surface area contributed by atoms with Crippen LogP contribution in [0.1, 0.15) is 47.6 Å². The minimum absolute atomic E-state index is 0.0191. The lowest BCUT2D eigenvalue weighted by Crippen LogP contribution is -2.38. The molecule has 9 heteroatoms. The van der Waals surface area contributed by atoms with Crippen molar-refractivity contribution in [2.75, 3.05) is 11.9 Å². The van der Waals surface area contributed by atoms with Crippen LogP contribution in [0.4, 0.5) is 9.93 Å². The van der Waals surface area contributed by atoms with E-state index in [-0.39, 0.29) is 31.3 Å². The number of aryl methyl sites for hydroxylation is 1. The molecule has 0 spiro atoms. The number of hydrogen-bond acceptors (Lipinski definition) is 6. The van der Waals surface area contributed by atoms with E-state index in [1.165, 1.54) is 22.5 Å². The summed E-state index contributed by atoms with van der Waals surface area (Å²) in [4.78, 5) is 40.6. The van der Waals surface area contributed by atoms with Crippen molar-refractivity contribution >= 4 is 34.4 Å². The highest BCUT2D eigenvalue weighted by atomic mass is 32.1. The van der Waals surface area contributed by atoms with Crippen LogP contribution in [0, 0.1) is 0 Å². The lowest BCUT2D eigenvalue weighted by Gasteiger charge is -2.14. The minimum atomic E-state index is -0.908. The summed E-state index contributed by atoms with van der Waals surface area (Å²) in [6.07, 6.45) is 3.08. The van der Waals surface area contributed by atoms with Gasteiger partial charge in [0.1, 0.15) is 6.61 Å². The fourth-order valence-electron chi connectivity index (χ4n) is 4.58. The zero-order valence-corrected chi connectivity index (χ0v) is 19.8. The first-order valence-electron chi connectivity index (χ1n) is 11.5. The van der Waals surface area contributed by atoms with Crippen molar-refractivity contribution in [1.29, 1.82) is 0 Å². The zero-order chi connectivity index (χ0) is 24.4. The molecule has 0 atom stereocenters. The number of nitrogens with one attached hydrogen (secondary N) is 2. The van der Waals surface area contributed by atoms with Crippen molar-refractivity contribution in [2.24, 2.45) is 0 Å². The number of aromatic nitrogens is 1. The second-order valence-electron chi connectivity index (χ2n) is 8.98.